The number of fused-ring (bicyclic) bond motifs is 1. The van der Waals surface area contributed by atoms with Crippen molar-refractivity contribution in [2.75, 3.05) is 20.2 Å². The van der Waals surface area contributed by atoms with Crippen LogP contribution in [0.1, 0.15) is 25.0 Å². The zero-order valence-electron chi connectivity index (χ0n) is 14.7. The first-order valence-electron chi connectivity index (χ1n) is 8.86. The molecular weight excluding hydrogens is 354 g/mol. The van der Waals surface area contributed by atoms with E-state index in [0.717, 1.165) is 12.8 Å². The average Bonchev–Trinajstić information content (AvgIpc) is 3.33. The van der Waals surface area contributed by atoms with E-state index in [9.17, 15) is 13.5 Å². The summed E-state index contributed by atoms with van der Waals surface area (Å²) in [7, 11) is -2.06. The highest BCUT2D eigenvalue weighted by Crippen LogP contribution is 2.49. The number of hydrogen-bond donors (Lipinski definition) is 1. The van der Waals surface area contributed by atoms with Crippen molar-refractivity contribution in [3.8, 4) is 5.75 Å². The van der Waals surface area contributed by atoms with E-state index in [0.29, 0.717) is 31.0 Å². The first-order chi connectivity index (χ1) is 12.4. The molecule has 0 spiro atoms. The van der Waals surface area contributed by atoms with Gasteiger partial charge in [-0.05, 0) is 61.6 Å². The van der Waals surface area contributed by atoms with Gasteiger partial charge >= 0.3 is 0 Å². The summed E-state index contributed by atoms with van der Waals surface area (Å²) in [5, 5.41) is 11.3. The molecule has 6 nitrogen and oxygen atoms in total. The molecule has 1 aliphatic carbocycles. The smallest absolute Gasteiger partial charge is 0.243 e. The van der Waals surface area contributed by atoms with Gasteiger partial charge in [0.05, 0.1) is 18.3 Å². The normalized spacial score (nSPS) is 29.5. The monoisotopic (exact) mass is 377 g/mol. The average molecular weight is 377 g/mol. The summed E-state index contributed by atoms with van der Waals surface area (Å²) in [4.78, 5) is 0.249. The van der Waals surface area contributed by atoms with E-state index < -0.39 is 15.6 Å². The number of benzene rings is 1. The minimum atomic E-state index is -3.60. The van der Waals surface area contributed by atoms with Crippen LogP contribution in [0, 0.1) is 11.8 Å². The van der Waals surface area contributed by atoms with Crippen LogP contribution in [0.25, 0.3) is 0 Å². The quantitative estimate of drug-likeness (QED) is 0.886. The third-order valence-corrected chi connectivity index (χ3v) is 7.64. The van der Waals surface area contributed by atoms with Crippen LogP contribution in [0.15, 0.2) is 52.0 Å². The molecule has 2 fully saturated rings. The Labute approximate surface area is 153 Å². The fraction of sp³-hybridized carbons (Fsp3) is 0.474. The molecule has 2 aromatic rings. The number of hydrogen-bond acceptors (Lipinski definition) is 5. The van der Waals surface area contributed by atoms with E-state index in [-0.39, 0.29) is 16.7 Å². The zero-order valence-corrected chi connectivity index (χ0v) is 15.5. The Hall–Kier alpha value is -1.83. The van der Waals surface area contributed by atoms with E-state index in [1.807, 2.05) is 0 Å². The number of sulfonamides is 1. The standard InChI is InChI=1S/C19H23NO5S/c1-24-15-6-8-16(9-7-15)26(22,23)20-12-14-4-2-10-19(21,17(14)13-20)18-5-3-11-25-18/h3,5-9,11,14,17,21H,2,4,10,12-13H2,1H3/t14-,17+,19+/m0/s1. The van der Waals surface area contributed by atoms with Crippen LogP contribution in [0.2, 0.25) is 0 Å². The third-order valence-electron chi connectivity index (χ3n) is 5.80. The van der Waals surface area contributed by atoms with E-state index in [1.165, 1.54) is 4.31 Å². The number of rotatable bonds is 4. The Morgan fingerprint density at radius 1 is 1.23 bits per heavy atom. The SMILES string of the molecule is COc1ccc(S(=O)(=O)N2C[C@@H]3CCC[C@](O)(c4ccco4)[C@@H]3C2)cc1. The summed E-state index contributed by atoms with van der Waals surface area (Å²) >= 11 is 0. The lowest BCUT2D eigenvalue weighted by Gasteiger charge is -2.39. The molecular formula is C19H23NO5S. The van der Waals surface area contributed by atoms with Gasteiger partial charge in [0, 0.05) is 19.0 Å². The van der Waals surface area contributed by atoms with Crippen LogP contribution >= 0.6 is 0 Å². The van der Waals surface area contributed by atoms with Gasteiger partial charge in [0.1, 0.15) is 17.1 Å². The lowest BCUT2D eigenvalue weighted by Crippen LogP contribution is -2.42. The van der Waals surface area contributed by atoms with Crippen molar-refractivity contribution in [1.29, 1.82) is 0 Å². The van der Waals surface area contributed by atoms with Crippen LogP contribution in [0.5, 0.6) is 5.75 Å². The Morgan fingerprint density at radius 3 is 2.65 bits per heavy atom. The second-order valence-corrected chi connectivity index (χ2v) is 9.10. The number of aliphatic hydroxyl groups is 1. The molecule has 3 atom stereocenters. The second kappa shape index (κ2) is 6.40. The van der Waals surface area contributed by atoms with Crippen LogP contribution in [0.3, 0.4) is 0 Å². The molecule has 1 N–H and O–H groups in total. The van der Waals surface area contributed by atoms with Gasteiger partial charge in [-0.1, -0.05) is 0 Å². The predicted molar refractivity (Wildman–Crippen MR) is 95.2 cm³/mol. The number of furan rings is 1. The summed E-state index contributed by atoms with van der Waals surface area (Å²) in [5.74, 6) is 1.13. The van der Waals surface area contributed by atoms with Gasteiger partial charge in [0.25, 0.3) is 0 Å². The van der Waals surface area contributed by atoms with Crippen molar-refractivity contribution in [2.24, 2.45) is 11.8 Å². The third kappa shape index (κ3) is 2.74. The van der Waals surface area contributed by atoms with Gasteiger partial charge in [-0.15, -0.1) is 0 Å². The molecule has 0 radical (unpaired) electrons. The van der Waals surface area contributed by atoms with Crippen molar-refractivity contribution in [3.05, 3.63) is 48.4 Å². The van der Waals surface area contributed by atoms with Gasteiger partial charge in [0.2, 0.25) is 10.0 Å². The highest BCUT2D eigenvalue weighted by atomic mass is 32.2. The Morgan fingerprint density at radius 2 is 2.00 bits per heavy atom. The highest BCUT2D eigenvalue weighted by Gasteiger charge is 2.53. The second-order valence-electron chi connectivity index (χ2n) is 7.16. The molecule has 2 aliphatic rings. The van der Waals surface area contributed by atoms with Gasteiger partial charge < -0.3 is 14.3 Å². The molecule has 0 unspecified atom stereocenters. The first kappa shape index (κ1) is 17.6. The summed E-state index contributed by atoms with van der Waals surface area (Å²) < 4.78 is 38.2. The van der Waals surface area contributed by atoms with Crippen LogP contribution in [-0.2, 0) is 15.6 Å². The molecule has 4 rings (SSSR count). The number of nitrogens with zero attached hydrogens (tertiary/aromatic N) is 1. The Balaban J connectivity index is 1.62. The molecule has 1 saturated heterocycles. The van der Waals surface area contributed by atoms with Crippen molar-refractivity contribution in [2.45, 2.75) is 29.8 Å². The summed E-state index contributed by atoms with van der Waals surface area (Å²) in [6, 6.07) is 9.97. The lowest BCUT2D eigenvalue weighted by atomic mass is 9.69. The minimum Gasteiger partial charge on any atom is -0.497 e. The van der Waals surface area contributed by atoms with Gasteiger partial charge in [0.15, 0.2) is 0 Å². The summed E-state index contributed by atoms with van der Waals surface area (Å²) in [6.07, 6.45) is 3.92. The molecule has 7 heteroatoms. The predicted octanol–water partition coefficient (Wildman–Crippen LogP) is 2.60. The van der Waals surface area contributed by atoms with Crippen molar-refractivity contribution in [3.63, 3.8) is 0 Å². The van der Waals surface area contributed by atoms with E-state index in [2.05, 4.69) is 0 Å². The van der Waals surface area contributed by atoms with Crippen molar-refractivity contribution >= 4 is 10.0 Å². The van der Waals surface area contributed by atoms with E-state index in [4.69, 9.17) is 9.15 Å². The fourth-order valence-electron chi connectivity index (χ4n) is 4.41. The molecule has 1 saturated carbocycles. The molecule has 0 bridgehead atoms. The maximum atomic E-state index is 13.1. The number of ether oxygens (including phenoxy) is 1. The van der Waals surface area contributed by atoms with E-state index in [1.54, 1.807) is 49.8 Å². The Bertz CT molecular complexity index is 862. The molecule has 1 aromatic carbocycles. The number of methoxy groups -OCH3 is 1. The largest absolute Gasteiger partial charge is 0.497 e. The first-order valence-corrected chi connectivity index (χ1v) is 10.3. The molecule has 26 heavy (non-hydrogen) atoms. The van der Waals surface area contributed by atoms with Crippen molar-refractivity contribution < 1.29 is 22.7 Å². The highest BCUT2D eigenvalue weighted by molar-refractivity contribution is 7.89. The van der Waals surface area contributed by atoms with Gasteiger partial charge in [-0.2, -0.15) is 4.31 Å². The molecule has 0 amide bonds. The maximum Gasteiger partial charge on any atom is 0.243 e. The molecule has 1 aliphatic heterocycles. The lowest BCUT2D eigenvalue weighted by molar-refractivity contribution is -0.0795. The topological polar surface area (TPSA) is 80.0 Å². The van der Waals surface area contributed by atoms with Crippen molar-refractivity contribution in [1.82, 2.24) is 4.31 Å². The van der Waals surface area contributed by atoms with E-state index >= 15 is 0 Å². The van der Waals surface area contributed by atoms with Crippen LogP contribution in [-0.4, -0.2) is 38.0 Å². The van der Waals surface area contributed by atoms with Gasteiger partial charge in [-0.3, -0.25) is 0 Å². The molecule has 1 aromatic heterocycles. The summed E-state index contributed by atoms with van der Waals surface area (Å²) in [6.45, 7) is 0.734. The zero-order chi connectivity index (χ0) is 18.4. The van der Waals surface area contributed by atoms with Gasteiger partial charge in [-0.25, -0.2) is 8.42 Å². The molecule has 140 valence electrons. The Kier molecular flexibility index (Phi) is 4.33. The van der Waals surface area contributed by atoms with Crippen LogP contribution < -0.4 is 4.74 Å². The van der Waals surface area contributed by atoms with Crippen LogP contribution in [0.4, 0.5) is 0 Å². The fourth-order valence-corrected chi connectivity index (χ4v) is 5.93. The maximum absolute atomic E-state index is 13.1. The minimum absolute atomic E-state index is 0.131. The molecule has 2 heterocycles. The summed E-state index contributed by atoms with van der Waals surface area (Å²) in [5.41, 5.74) is -1.10.